The Morgan fingerprint density at radius 1 is 1.27 bits per heavy atom. The predicted octanol–water partition coefficient (Wildman–Crippen LogP) is 3.09. The minimum absolute atomic E-state index is 0.228. The first-order valence-electron chi connectivity index (χ1n) is 5.14. The van der Waals surface area contributed by atoms with E-state index in [1.165, 1.54) is 18.9 Å². The van der Waals surface area contributed by atoms with Gasteiger partial charge in [-0.2, -0.15) is 0 Å². The molecule has 1 fully saturated rings. The molecule has 15 heavy (non-hydrogen) atoms. The van der Waals surface area contributed by atoms with Crippen LogP contribution in [0.25, 0.3) is 11.4 Å². The Balaban J connectivity index is 2.01. The minimum atomic E-state index is -0.228. The Hall–Kier alpha value is -1.64. The summed E-state index contributed by atoms with van der Waals surface area (Å²) in [4.78, 5) is 7.39. The van der Waals surface area contributed by atoms with Gasteiger partial charge in [-0.1, -0.05) is 12.1 Å². The van der Waals surface area contributed by atoms with Gasteiger partial charge in [0.05, 0.1) is 5.56 Å². The molecule has 1 saturated carbocycles. The van der Waals surface area contributed by atoms with Gasteiger partial charge in [-0.3, -0.25) is 0 Å². The van der Waals surface area contributed by atoms with E-state index in [4.69, 9.17) is 0 Å². The van der Waals surface area contributed by atoms with E-state index in [1.807, 2.05) is 12.3 Å². The van der Waals surface area contributed by atoms with E-state index in [1.54, 1.807) is 12.1 Å². The summed E-state index contributed by atoms with van der Waals surface area (Å²) in [5, 5.41) is 0. The molecule has 0 amide bonds. The van der Waals surface area contributed by atoms with Crippen LogP contribution < -0.4 is 0 Å². The molecule has 1 aromatic heterocycles. The Kier molecular flexibility index (Phi) is 1.84. The van der Waals surface area contributed by atoms with Crippen molar-refractivity contribution in [2.24, 2.45) is 0 Å². The number of rotatable bonds is 2. The minimum Gasteiger partial charge on any atom is -0.342 e. The molecule has 1 aliphatic carbocycles. The van der Waals surface area contributed by atoms with Gasteiger partial charge in [-0.05, 0) is 25.0 Å². The number of H-pyrrole nitrogens is 1. The van der Waals surface area contributed by atoms with Crippen molar-refractivity contribution in [2.45, 2.75) is 18.8 Å². The smallest absolute Gasteiger partial charge is 0.140 e. The van der Waals surface area contributed by atoms with Crippen LogP contribution in [0.4, 0.5) is 4.39 Å². The summed E-state index contributed by atoms with van der Waals surface area (Å²) in [5.41, 5.74) is 1.68. The normalized spacial score (nSPS) is 15.5. The van der Waals surface area contributed by atoms with Gasteiger partial charge in [-0.15, -0.1) is 0 Å². The highest BCUT2D eigenvalue weighted by Crippen LogP contribution is 2.39. The van der Waals surface area contributed by atoms with Crippen molar-refractivity contribution in [2.75, 3.05) is 0 Å². The second-order valence-electron chi connectivity index (χ2n) is 3.94. The molecular weight excluding hydrogens is 191 g/mol. The quantitative estimate of drug-likeness (QED) is 0.796. The Bertz CT molecular complexity index is 486. The molecule has 0 radical (unpaired) electrons. The van der Waals surface area contributed by atoms with Crippen molar-refractivity contribution in [3.05, 3.63) is 42.0 Å². The SMILES string of the molecule is Fc1ccccc1-c1ncc(C2CC2)[nH]1. The fourth-order valence-corrected chi connectivity index (χ4v) is 1.73. The van der Waals surface area contributed by atoms with E-state index < -0.39 is 0 Å². The Morgan fingerprint density at radius 2 is 2.07 bits per heavy atom. The van der Waals surface area contributed by atoms with Crippen molar-refractivity contribution >= 4 is 0 Å². The summed E-state index contributed by atoms with van der Waals surface area (Å²) in [6.07, 6.45) is 4.26. The topological polar surface area (TPSA) is 28.7 Å². The maximum Gasteiger partial charge on any atom is 0.140 e. The number of nitrogens with one attached hydrogen (secondary N) is 1. The second kappa shape index (κ2) is 3.19. The third kappa shape index (κ3) is 1.54. The van der Waals surface area contributed by atoms with E-state index in [9.17, 15) is 4.39 Å². The van der Waals surface area contributed by atoms with Crippen molar-refractivity contribution in [1.82, 2.24) is 9.97 Å². The fourth-order valence-electron chi connectivity index (χ4n) is 1.73. The first-order chi connectivity index (χ1) is 7.34. The molecule has 1 aliphatic rings. The highest BCUT2D eigenvalue weighted by atomic mass is 19.1. The van der Waals surface area contributed by atoms with E-state index >= 15 is 0 Å². The zero-order valence-corrected chi connectivity index (χ0v) is 8.20. The first-order valence-corrected chi connectivity index (χ1v) is 5.14. The van der Waals surface area contributed by atoms with Gasteiger partial charge in [0.25, 0.3) is 0 Å². The van der Waals surface area contributed by atoms with Crippen LogP contribution >= 0.6 is 0 Å². The van der Waals surface area contributed by atoms with Crippen molar-refractivity contribution in [3.63, 3.8) is 0 Å². The van der Waals surface area contributed by atoms with Crippen LogP contribution in [0.3, 0.4) is 0 Å². The number of nitrogens with zero attached hydrogens (tertiary/aromatic N) is 1. The van der Waals surface area contributed by atoms with Crippen molar-refractivity contribution < 1.29 is 4.39 Å². The monoisotopic (exact) mass is 202 g/mol. The van der Waals surface area contributed by atoms with Gasteiger partial charge < -0.3 is 4.98 Å². The van der Waals surface area contributed by atoms with Gasteiger partial charge in [0.2, 0.25) is 0 Å². The van der Waals surface area contributed by atoms with Gasteiger partial charge in [-0.25, -0.2) is 9.37 Å². The fraction of sp³-hybridized carbons (Fsp3) is 0.250. The number of aromatic amines is 1. The van der Waals surface area contributed by atoms with Gasteiger partial charge in [0.15, 0.2) is 0 Å². The van der Waals surface area contributed by atoms with Crippen molar-refractivity contribution in [1.29, 1.82) is 0 Å². The van der Waals surface area contributed by atoms with E-state index in [2.05, 4.69) is 9.97 Å². The average molecular weight is 202 g/mol. The predicted molar refractivity (Wildman–Crippen MR) is 56.0 cm³/mol. The molecule has 0 aliphatic heterocycles. The Morgan fingerprint density at radius 3 is 2.80 bits per heavy atom. The largest absolute Gasteiger partial charge is 0.342 e. The van der Waals surface area contributed by atoms with Crippen LogP contribution in [0, 0.1) is 5.82 Å². The summed E-state index contributed by atoms with van der Waals surface area (Å²) in [5.74, 6) is 1.03. The maximum absolute atomic E-state index is 13.4. The summed E-state index contributed by atoms with van der Waals surface area (Å²) in [6.45, 7) is 0. The van der Waals surface area contributed by atoms with Crippen LogP contribution in [0.1, 0.15) is 24.5 Å². The molecule has 76 valence electrons. The lowest BCUT2D eigenvalue weighted by Crippen LogP contribution is -1.86. The number of benzene rings is 1. The third-order valence-electron chi connectivity index (χ3n) is 2.74. The molecular formula is C12H11FN2. The first kappa shape index (κ1) is 8.65. The number of hydrogen-bond acceptors (Lipinski definition) is 1. The van der Waals surface area contributed by atoms with E-state index in [0.717, 1.165) is 5.69 Å². The maximum atomic E-state index is 13.4. The van der Waals surface area contributed by atoms with Crippen LogP contribution in [-0.4, -0.2) is 9.97 Å². The van der Waals surface area contributed by atoms with Crippen LogP contribution in [0.15, 0.2) is 30.5 Å². The molecule has 2 aromatic rings. The average Bonchev–Trinajstić information content (AvgIpc) is 2.99. The lowest BCUT2D eigenvalue weighted by molar-refractivity contribution is 0.630. The van der Waals surface area contributed by atoms with Crippen LogP contribution in [0.2, 0.25) is 0 Å². The Labute approximate surface area is 87.2 Å². The number of imidazole rings is 1. The molecule has 3 rings (SSSR count). The molecule has 0 spiro atoms. The molecule has 1 heterocycles. The molecule has 3 heteroatoms. The molecule has 0 unspecified atom stereocenters. The number of aromatic nitrogens is 2. The van der Waals surface area contributed by atoms with Crippen LogP contribution in [0.5, 0.6) is 0 Å². The highest BCUT2D eigenvalue weighted by Gasteiger charge is 2.25. The zero-order chi connectivity index (χ0) is 10.3. The highest BCUT2D eigenvalue weighted by molar-refractivity contribution is 5.56. The molecule has 0 bridgehead atoms. The van der Waals surface area contributed by atoms with E-state index in [-0.39, 0.29) is 5.82 Å². The molecule has 0 atom stereocenters. The lowest BCUT2D eigenvalue weighted by Gasteiger charge is -1.97. The molecule has 2 nitrogen and oxygen atoms in total. The lowest BCUT2D eigenvalue weighted by atomic mass is 10.2. The van der Waals surface area contributed by atoms with Gasteiger partial charge in [0.1, 0.15) is 11.6 Å². The molecule has 1 aromatic carbocycles. The summed E-state index contributed by atoms with van der Waals surface area (Å²) in [6, 6.07) is 6.70. The van der Waals surface area contributed by atoms with Gasteiger partial charge >= 0.3 is 0 Å². The third-order valence-corrected chi connectivity index (χ3v) is 2.74. The number of hydrogen-bond donors (Lipinski definition) is 1. The standard InChI is InChI=1S/C12H11FN2/c13-10-4-2-1-3-9(10)12-14-7-11(15-12)8-5-6-8/h1-4,7-8H,5-6H2,(H,14,15). The second-order valence-corrected chi connectivity index (χ2v) is 3.94. The van der Waals surface area contributed by atoms with Crippen LogP contribution in [-0.2, 0) is 0 Å². The number of halogens is 1. The summed E-state index contributed by atoms with van der Waals surface area (Å²) in [7, 11) is 0. The van der Waals surface area contributed by atoms with Crippen molar-refractivity contribution in [3.8, 4) is 11.4 Å². The van der Waals surface area contributed by atoms with E-state index in [0.29, 0.717) is 17.3 Å². The van der Waals surface area contributed by atoms with Gasteiger partial charge in [0, 0.05) is 17.8 Å². The summed E-state index contributed by atoms with van der Waals surface area (Å²) >= 11 is 0. The molecule has 0 saturated heterocycles. The zero-order valence-electron chi connectivity index (χ0n) is 8.20. The molecule has 1 N–H and O–H groups in total. The summed E-state index contributed by atoms with van der Waals surface area (Å²) < 4.78 is 13.4.